The molecule has 0 radical (unpaired) electrons. The molecular formula is C20H32N2O5. The highest BCUT2D eigenvalue weighted by molar-refractivity contribution is 5.93. The Hall–Kier alpha value is -2.41. The summed E-state index contributed by atoms with van der Waals surface area (Å²) in [4.78, 5) is 32.6. The zero-order chi connectivity index (χ0) is 20.8. The molecule has 0 aliphatic heterocycles. The van der Waals surface area contributed by atoms with E-state index in [9.17, 15) is 9.59 Å². The van der Waals surface area contributed by atoms with E-state index in [1.165, 1.54) is 0 Å². The van der Waals surface area contributed by atoms with Gasteiger partial charge < -0.3 is 20.5 Å². The maximum Gasteiger partial charge on any atom is 0.338 e. The molecule has 1 amide bonds. The van der Waals surface area contributed by atoms with E-state index in [1.54, 1.807) is 24.3 Å². The van der Waals surface area contributed by atoms with Crippen LogP contribution in [0, 0.1) is 11.8 Å². The maximum absolute atomic E-state index is 11.8. The van der Waals surface area contributed by atoms with Crippen LogP contribution in [0.2, 0.25) is 0 Å². The number of carboxylic acids is 1. The van der Waals surface area contributed by atoms with Crippen molar-refractivity contribution in [1.29, 1.82) is 0 Å². The number of benzene rings is 1. The number of esters is 1. The first kappa shape index (κ1) is 24.6. The van der Waals surface area contributed by atoms with Crippen molar-refractivity contribution in [2.75, 3.05) is 25.0 Å². The molecule has 0 aliphatic carbocycles. The highest BCUT2D eigenvalue weighted by atomic mass is 16.5. The molecule has 27 heavy (non-hydrogen) atoms. The van der Waals surface area contributed by atoms with Crippen LogP contribution in [0.15, 0.2) is 24.3 Å². The minimum atomic E-state index is -0.833. The first-order chi connectivity index (χ1) is 12.6. The Morgan fingerprint density at radius 3 is 2.07 bits per heavy atom. The number of hydrogen-bond donors (Lipinski definition) is 3. The second kappa shape index (κ2) is 13.7. The monoisotopic (exact) mass is 380 g/mol. The Bertz CT molecular complexity index is 579. The number of carbonyl (C=O) groups excluding carboxylic acids is 2. The standard InChI is InChI=1S/C18H28N2O3.C2H4O2/c1-13(2)11-19-10-9-17(21)20-16-7-5-15(6-8-16)18(22)23-12-14(3)4;1-2(3)4/h5-8,13-14,19H,9-12H2,1-4H3,(H,20,21);1H3,(H,3,4). The summed E-state index contributed by atoms with van der Waals surface area (Å²) in [5.74, 6) is -0.339. The highest BCUT2D eigenvalue weighted by Gasteiger charge is 2.09. The molecule has 7 nitrogen and oxygen atoms in total. The molecule has 3 N–H and O–H groups in total. The van der Waals surface area contributed by atoms with E-state index >= 15 is 0 Å². The predicted molar refractivity (Wildman–Crippen MR) is 106 cm³/mol. The zero-order valence-corrected chi connectivity index (χ0v) is 16.9. The van der Waals surface area contributed by atoms with Crippen LogP contribution in [0.3, 0.4) is 0 Å². The number of rotatable bonds is 9. The van der Waals surface area contributed by atoms with Gasteiger partial charge in [-0.25, -0.2) is 4.79 Å². The molecule has 1 aromatic rings. The third-order valence-corrected chi connectivity index (χ3v) is 3.03. The lowest BCUT2D eigenvalue weighted by Gasteiger charge is -2.09. The van der Waals surface area contributed by atoms with Crippen LogP contribution in [0.4, 0.5) is 5.69 Å². The van der Waals surface area contributed by atoms with Gasteiger partial charge in [0, 0.05) is 25.6 Å². The molecule has 0 aromatic heterocycles. The first-order valence-corrected chi connectivity index (χ1v) is 9.09. The normalized spacial score (nSPS) is 10.2. The summed E-state index contributed by atoms with van der Waals surface area (Å²) in [6.45, 7) is 11.3. The molecule has 1 rings (SSSR count). The summed E-state index contributed by atoms with van der Waals surface area (Å²) in [5, 5.41) is 13.5. The van der Waals surface area contributed by atoms with E-state index in [1.807, 2.05) is 13.8 Å². The Kier molecular flexibility index (Phi) is 12.5. The highest BCUT2D eigenvalue weighted by Crippen LogP contribution is 2.11. The van der Waals surface area contributed by atoms with Crippen molar-refractivity contribution < 1.29 is 24.2 Å². The lowest BCUT2D eigenvalue weighted by Crippen LogP contribution is -2.24. The van der Waals surface area contributed by atoms with E-state index in [-0.39, 0.29) is 11.9 Å². The summed E-state index contributed by atoms with van der Waals surface area (Å²) in [7, 11) is 0. The van der Waals surface area contributed by atoms with Crippen LogP contribution in [0.5, 0.6) is 0 Å². The Morgan fingerprint density at radius 2 is 1.59 bits per heavy atom. The second-order valence-corrected chi connectivity index (χ2v) is 6.98. The third kappa shape index (κ3) is 14.4. The lowest BCUT2D eigenvalue weighted by molar-refractivity contribution is -0.134. The number of aliphatic carboxylic acids is 1. The van der Waals surface area contributed by atoms with Gasteiger partial charge in [-0.05, 0) is 42.6 Å². The minimum Gasteiger partial charge on any atom is -0.481 e. The van der Waals surface area contributed by atoms with Crippen molar-refractivity contribution in [3.05, 3.63) is 29.8 Å². The van der Waals surface area contributed by atoms with Crippen LogP contribution >= 0.6 is 0 Å². The van der Waals surface area contributed by atoms with Gasteiger partial charge in [-0.1, -0.05) is 27.7 Å². The van der Waals surface area contributed by atoms with Crippen LogP contribution < -0.4 is 10.6 Å². The number of carboxylic acid groups (broad SMARTS) is 1. The van der Waals surface area contributed by atoms with Gasteiger partial charge in [0.25, 0.3) is 5.97 Å². The molecule has 0 unspecified atom stereocenters. The smallest absolute Gasteiger partial charge is 0.338 e. The number of ether oxygens (including phenoxy) is 1. The van der Waals surface area contributed by atoms with Crippen molar-refractivity contribution in [2.24, 2.45) is 11.8 Å². The number of carbonyl (C=O) groups is 3. The number of amides is 1. The zero-order valence-electron chi connectivity index (χ0n) is 16.9. The van der Waals surface area contributed by atoms with Gasteiger partial charge in [0.1, 0.15) is 0 Å². The third-order valence-electron chi connectivity index (χ3n) is 3.03. The average Bonchev–Trinajstić information content (AvgIpc) is 2.56. The molecule has 0 bridgehead atoms. The molecule has 0 heterocycles. The summed E-state index contributed by atoms with van der Waals surface area (Å²) in [6.07, 6.45) is 0.422. The number of nitrogens with one attached hydrogen (secondary N) is 2. The summed E-state index contributed by atoms with van der Waals surface area (Å²) in [6, 6.07) is 6.75. The van der Waals surface area contributed by atoms with Crippen molar-refractivity contribution in [2.45, 2.75) is 41.0 Å². The second-order valence-electron chi connectivity index (χ2n) is 6.98. The largest absolute Gasteiger partial charge is 0.481 e. The van der Waals surface area contributed by atoms with Crippen molar-refractivity contribution in [3.63, 3.8) is 0 Å². The lowest BCUT2D eigenvalue weighted by atomic mass is 10.2. The van der Waals surface area contributed by atoms with Crippen molar-refractivity contribution in [1.82, 2.24) is 5.32 Å². The van der Waals surface area contributed by atoms with Gasteiger partial charge in [0.2, 0.25) is 5.91 Å². The van der Waals surface area contributed by atoms with Gasteiger partial charge in [0.05, 0.1) is 12.2 Å². The fourth-order valence-corrected chi connectivity index (χ4v) is 1.83. The van der Waals surface area contributed by atoms with Gasteiger partial charge >= 0.3 is 5.97 Å². The van der Waals surface area contributed by atoms with Crippen LogP contribution in [0.1, 0.15) is 51.4 Å². The fraction of sp³-hybridized carbons (Fsp3) is 0.550. The fourth-order valence-electron chi connectivity index (χ4n) is 1.83. The summed E-state index contributed by atoms with van der Waals surface area (Å²) in [5.41, 5.74) is 1.17. The molecular weight excluding hydrogens is 348 g/mol. The van der Waals surface area contributed by atoms with Crippen LogP contribution in [-0.4, -0.2) is 42.6 Å². The first-order valence-electron chi connectivity index (χ1n) is 9.09. The van der Waals surface area contributed by atoms with Gasteiger partial charge in [0.15, 0.2) is 0 Å². The molecule has 0 fully saturated rings. The van der Waals surface area contributed by atoms with E-state index < -0.39 is 5.97 Å². The van der Waals surface area contributed by atoms with Crippen molar-refractivity contribution >= 4 is 23.5 Å². The average molecular weight is 380 g/mol. The maximum atomic E-state index is 11.8. The SMILES string of the molecule is CC(=O)O.CC(C)CNCCC(=O)Nc1ccc(C(=O)OCC(C)C)cc1. The van der Waals surface area contributed by atoms with E-state index in [2.05, 4.69) is 24.5 Å². The van der Waals surface area contributed by atoms with E-state index in [0.717, 1.165) is 13.5 Å². The quantitative estimate of drug-likeness (QED) is 0.449. The van der Waals surface area contributed by atoms with E-state index in [4.69, 9.17) is 14.6 Å². The van der Waals surface area contributed by atoms with Gasteiger partial charge in [-0.2, -0.15) is 0 Å². The van der Waals surface area contributed by atoms with Gasteiger partial charge in [-0.15, -0.1) is 0 Å². The molecule has 0 saturated heterocycles. The molecule has 0 spiro atoms. The topological polar surface area (TPSA) is 105 Å². The molecule has 0 atom stereocenters. The summed E-state index contributed by atoms with van der Waals surface area (Å²) >= 11 is 0. The molecule has 7 heteroatoms. The Balaban J connectivity index is 0.00000153. The molecule has 0 aliphatic rings. The predicted octanol–water partition coefficient (Wildman–Crippen LogP) is 3.16. The van der Waals surface area contributed by atoms with Crippen LogP contribution in [-0.2, 0) is 14.3 Å². The van der Waals surface area contributed by atoms with Crippen molar-refractivity contribution in [3.8, 4) is 0 Å². The van der Waals surface area contributed by atoms with Gasteiger partial charge in [-0.3, -0.25) is 9.59 Å². The molecule has 0 saturated carbocycles. The Labute approximate surface area is 161 Å². The van der Waals surface area contributed by atoms with Crippen LogP contribution in [0.25, 0.3) is 0 Å². The Morgan fingerprint density at radius 1 is 1.04 bits per heavy atom. The molecule has 152 valence electrons. The van der Waals surface area contributed by atoms with E-state index in [0.29, 0.717) is 42.7 Å². The molecule has 1 aromatic carbocycles. The number of anilines is 1. The number of hydrogen-bond acceptors (Lipinski definition) is 5. The summed E-state index contributed by atoms with van der Waals surface area (Å²) < 4.78 is 5.16. The minimum absolute atomic E-state index is 0.0450.